The van der Waals surface area contributed by atoms with E-state index in [2.05, 4.69) is 29.5 Å². The van der Waals surface area contributed by atoms with E-state index >= 15 is 0 Å². The van der Waals surface area contributed by atoms with Crippen molar-refractivity contribution in [3.05, 3.63) is 22.8 Å². The minimum atomic E-state index is -0.193. The maximum Gasteiger partial charge on any atom is 0.271 e. The highest BCUT2D eigenvalue weighted by Crippen LogP contribution is 2.37. The van der Waals surface area contributed by atoms with Gasteiger partial charge in [-0.2, -0.15) is 0 Å². The second kappa shape index (κ2) is 5.37. The summed E-state index contributed by atoms with van der Waals surface area (Å²) in [4.78, 5) is 16.5. The van der Waals surface area contributed by atoms with E-state index in [4.69, 9.17) is 11.6 Å². The molecule has 104 valence electrons. The Kier molecular flexibility index (Phi) is 3.99. The molecular weight excluding hydrogens is 262 g/mol. The third-order valence-corrected chi connectivity index (χ3v) is 4.18. The number of nitrogens with one attached hydrogen (secondary N) is 2. The Morgan fingerprint density at radius 1 is 1.47 bits per heavy atom. The van der Waals surface area contributed by atoms with Crippen molar-refractivity contribution in [2.24, 2.45) is 5.41 Å². The van der Waals surface area contributed by atoms with E-state index in [1.54, 1.807) is 19.2 Å². The van der Waals surface area contributed by atoms with Crippen LogP contribution < -0.4 is 10.6 Å². The van der Waals surface area contributed by atoms with Crippen molar-refractivity contribution in [1.29, 1.82) is 0 Å². The first-order valence-corrected chi connectivity index (χ1v) is 6.97. The summed E-state index contributed by atoms with van der Waals surface area (Å²) in [5.74, 6) is 0.447. The number of halogens is 1. The van der Waals surface area contributed by atoms with Crippen molar-refractivity contribution in [2.75, 3.05) is 12.4 Å². The molecule has 0 aliphatic heterocycles. The zero-order chi connectivity index (χ0) is 14.0. The predicted octanol–water partition coefficient (Wildman–Crippen LogP) is 3.09. The molecule has 4 nitrogen and oxygen atoms in total. The highest BCUT2D eigenvalue weighted by molar-refractivity contribution is 6.33. The summed E-state index contributed by atoms with van der Waals surface area (Å²) in [6.45, 7) is 4.37. The first-order valence-electron chi connectivity index (χ1n) is 6.59. The molecule has 5 heteroatoms. The third-order valence-electron chi connectivity index (χ3n) is 3.88. The van der Waals surface area contributed by atoms with Gasteiger partial charge in [-0.3, -0.25) is 4.79 Å². The van der Waals surface area contributed by atoms with Gasteiger partial charge in [-0.25, -0.2) is 4.98 Å². The summed E-state index contributed by atoms with van der Waals surface area (Å²) in [7, 11) is 1.76. The molecule has 0 radical (unpaired) electrons. The number of rotatable bonds is 3. The lowest BCUT2D eigenvalue weighted by atomic mass is 9.87. The molecule has 0 spiro atoms. The molecule has 1 aromatic heterocycles. The molecular formula is C14H20ClN3O. The Hall–Kier alpha value is -1.29. The summed E-state index contributed by atoms with van der Waals surface area (Å²) < 4.78 is 0. The fraction of sp³-hybridized carbons (Fsp3) is 0.571. The number of pyridine rings is 1. The summed E-state index contributed by atoms with van der Waals surface area (Å²) in [5, 5.41) is 6.36. The topological polar surface area (TPSA) is 54.0 Å². The summed E-state index contributed by atoms with van der Waals surface area (Å²) in [5.41, 5.74) is 0.430. The number of hydrogen-bond acceptors (Lipinski definition) is 3. The highest BCUT2D eigenvalue weighted by atomic mass is 35.5. The first kappa shape index (κ1) is 14.1. The maximum atomic E-state index is 12.3. The van der Waals surface area contributed by atoms with Crippen LogP contribution in [0, 0.1) is 5.41 Å². The zero-order valence-electron chi connectivity index (χ0n) is 11.6. The van der Waals surface area contributed by atoms with Gasteiger partial charge in [0.1, 0.15) is 11.5 Å². The van der Waals surface area contributed by atoms with Crippen LogP contribution in [0.5, 0.6) is 0 Å². The fourth-order valence-electron chi connectivity index (χ4n) is 2.56. The Balaban J connectivity index is 2.16. The van der Waals surface area contributed by atoms with Crippen molar-refractivity contribution in [3.8, 4) is 0 Å². The molecule has 2 rings (SSSR count). The van der Waals surface area contributed by atoms with E-state index in [1.807, 2.05) is 0 Å². The van der Waals surface area contributed by atoms with Gasteiger partial charge in [0.2, 0.25) is 0 Å². The van der Waals surface area contributed by atoms with E-state index in [0.29, 0.717) is 10.8 Å². The molecule has 1 amide bonds. The zero-order valence-corrected chi connectivity index (χ0v) is 12.3. The average Bonchev–Trinajstić information content (AvgIpc) is 2.69. The molecule has 1 atom stereocenters. The van der Waals surface area contributed by atoms with Crippen molar-refractivity contribution >= 4 is 23.3 Å². The van der Waals surface area contributed by atoms with Crippen LogP contribution in [0.1, 0.15) is 43.6 Å². The second-order valence-corrected chi connectivity index (χ2v) is 6.09. The van der Waals surface area contributed by atoms with E-state index in [0.717, 1.165) is 19.3 Å². The molecule has 0 aromatic carbocycles. The lowest BCUT2D eigenvalue weighted by Crippen LogP contribution is -2.41. The van der Waals surface area contributed by atoms with Gasteiger partial charge >= 0.3 is 0 Å². The van der Waals surface area contributed by atoms with Crippen LogP contribution >= 0.6 is 11.6 Å². The van der Waals surface area contributed by atoms with Gasteiger partial charge in [-0.05, 0) is 30.4 Å². The third kappa shape index (κ3) is 3.00. The first-order chi connectivity index (χ1) is 8.94. The van der Waals surface area contributed by atoms with Crippen LogP contribution in [0.2, 0.25) is 5.02 Å². The molecule has 1 heterocycles. The Morgan fingerprint density at radius 2 is 2.21 bits per heavy atom. The van der Waals surface area contributed by atoms with Gasteiger partial charge in [0, 0.05) is 13.1 Å². The average molecular weight is 282 g/mol. The van der Waals surface area contributed by atoms with Gasteiger partial charge in [0.25, 0.3) is 5.91 Å². The Morgan fingerprint density at radius 3 is 2.79 bits per heavy atom. The molecule has 19 heavy (non-hydrogen) atoms. The summed E-state index contributed by atoms with van der Waals surface area (Å²) in [6, 6.07) is 3.63. The maximum absolute atomic E-state index is 12.3. The lowest BCUT2D eigenvalue weighted by Gasteiger charge is -2.27. The molecule has 1 unspecified atom stereocenters. The van der Waals surface area contributed by atoms with E-state index in [-0.39, 0.29) is 23.1 Å². The highest BCUT2D eigenvalue weighted by Gasteiger charge is 2.35. The van der Waals surface area contributed by atoms with Gasteiger partial charge in [-0.1, -0.05) is 31.9 Å². The Bertz CT molecular complexity index is 488. The molecule has 1 aliphatic rings. The van der Waals surface area contributed by atoms with E-state index in [1.165, 1.54) is 0 Å². The normalized spacial score (nSPS) is 21.2. The standard InChI is InChI=1S/C14H20ClN3O/c1-14(2)8-4-5-10(14)17-13(19)12-9(15)6-7-11(16-3)18-12/h6-7,10H,4-5,8H2,1-3H3,(H,16,18)(H,17,19). The monoisotopic (exact) mass is 281 g/mol. The Labute approximate surface area is 118 Å². The fourth-order valence-corrected chi connectivity index (χ4v) is 2.75. The number of hydrogen-bond donors (Lipinski definition) is 2. The minimum Gasteiger partial charge on any atom is -0.373 e. The van der Waals surface area contributed by atoms with E-state index in [9.17, 15) is 4.79 Å². The van der Waals surface area contributed by atoms with Crippen LogP contribution in [0.15, 0.2) is 12.1 Å². The molecule has 1 fully saturated rings. The quantitative estimate of drug-likeness (QED) is 0.895. The minimum absolute atomic E-state index is 0.142. The number of nitrogens with zero attached hydrogens (tertiary/aromatic N) is 1. The molecule has 0 bridgehead atoms. The van der Waals surface area contributed by atoms with Crippen molar-refractivity contribution in [3.63, 3.8) is 0 Å². The van der Waals surface area contributed by atoms with Crippen molar-refractivity contribution in [1.82, 2.24) is 10.3 Å². The van der Waals surface area contributed by atoms with Crippen LogP contribution in [0.25, 0.3) is 0 Å². The van der Waals surface area contributed by atoms with E-state index < -0.39 is 0 Å². The van der Waals surface area contributed by atoms with Crippen LogP contribution in [0.3, 0.4) is 0 Å². The number of aromatic nitrogens is 1. The number of carbonyl (C=O) groups excluding carboxylic acids is 1. The van der Waals surface area contributed by atoms with Crippen LogP contribution in [-0.4, -0.2) is 24.0 Å². The lowest BCUT2D eigenvalue weighted by molar-refractivity contribution is 0.0905. The second-order valence-electron chi connectivity index (χ2n) is 5.68. The number of anilines is 1. The number of carbonyl (C=O) groups is 1. The predicted molar refractivity (Wildman–Crippen MR) is 77.7 cm³/mol. The molecule has 1 aromatic rings. The largest absolute Gasteiger partial charge is 0.373 e. The van der Waals surface area contributed by atoms with Gasteiger partial charge in [0.15, 0.2) is 0 Å². The molecule has 1 saturated carbocycles. The molecule has 1 aliphatic carbocycles. The van der Waals surface area contributed by atoms with Gasteiger partial charge in [-0.15, -0.1) is 0 Å². The SMILES string of the molecule is CNc1ccc(Cl)c(C(=O)NC2CCCC2(C)C)n1. The van der Waals surface area contributed by atoms with Crippen LogP contribution in [-0.2, 0) is 0 Å². The van der Waals surface area contributed by atoms with Gasteiger partial charge < -0.3 is 10.6 Å². The number of amides is 1. The smallest absolute Gasteiger partial charge is 0.271 e. The molecule has 0 saturated heterocycles. The van der Waals surface area contributed by atoms with Crippen molar-refractivity contribution in [2.45, 2.75) is 39.2 Å². The van der Waals surface area contributed by atoms with Gasteiger partial charge in [0.05, 0.1) is 5.02 Å². The molecule has 2 N–H and O–H groups in total. The summed E-state index contributed by atoms with van der Waals surface area (Å²) in [6.07, 6.45) is 3.30. The van der Waals surface area contributed by atoms with Crippen LogP contribution in [0.4, 0.5) is 5.82 Å². The summed E-state index contributed by atoms with van der Waals surface area (Å²) >= 11 is 6.05. The van der Waals surface area contributed by atoms with Crippen molar-refractivity contribution < 1.29 is 4.79 Å².